The van der Waals surface area contributed by atoms with Crippen LogP contribution in [-0.4, -0.2) is 29.0 Å². The van der Waals surface area contributed by atoms with Crippen molar-refractivity contribution in [3.63, 3.8) is 0 Å². The van der Waals surface area contributed by atoms with Crippen molar-refractivity contribution >= 4 is 29.1 Å². The van der Waals surface area contributed by atoms with E-state index in [4.69, 9.17) is 11.6 Å². The Balaban J connectivity index is 1.32. The Labute approximate surface area is 170 Å². The Morgan fingerprint density at radius 3 is 2.54 bits per heavy atom. The van der Waals surface area contributed by atoms with Crippen molar-refractivity contribution in [3.8, 4) is 0 Å². The van der Waals surface area contributed by atoms with Gasteiger partial charge in [0.1, 0.15) is 11.3 Å². The maximum atomic E-state index is 11.9. The number of rotatable bonds is 7. The molecule has 4 rings (SSSR count). The smallest absolute Gasteiger partial charge is 0.238 e. The molecule has 1 saturated heterocycles. The Hall–Kier alpha value is -2.34. The average Bonchev–Trinajstić information content (AvgIpc) is 3.53. The SMILES string of the molecule is O=C(CC1CC1)NNc1ncnc(N2CCC(Cc3ccccc3)CC2)c1Cl. The third-order valence-corrected chi connectivity index (χ3v) is 5.89. The number of nitrogens with zero attached hydrogens (tertiary/aromatic N) is 3. The van der Waals surface area contributed by atoms with Crippen molar-refractivity contribution in [2.45, 2.75) is 38.5 Å². The van der Waals surface area contributed by atoms with Crippen molar-refractivity contribution < 1.29 is 4.79 Å². The molecule has 0 bridgehead atoms. The minimum absolute atomic E-state index is 0.0274. The Morgan fingerprint density at radius 1 is 1.07 bits per heavy atom. The summed E-state index contributed by atoms with van der Waals surface area (Å²) < 4.78 is 0. The molecule has 7 heteroatoms. The first-order valence-electron chi connectivity index (χ1n) is 10.0. The van der Waals surface area contributed by atoms with Crippen LogP contribution in [0.15, 0.2) is 36.7 Å². The lowest BCUT2D eigenvalue weighted by molar-refractivity contribution is -0.120. The fraction of sp³-hybridized carbons (Fsp3) is 0.476. The highest BCUT2D eigenvalue weighted by molar-refractivity contribution is 6.35. The van der Waals surface area contributed by atoms with E-state index in [0.29, 0.717) is 29.1 Å². The standard InChI is InChI=1S/C21H26ClN5O/c22-19-20(26-25-18(28)13-16-6-7-16)23-14-24-21(19)27-10-8-17(9-11-27)12-15-4-2-1-3-5-15/h1-5,14,16-17H,6-13H2,(H,25,28)(H,23,24,26). The number of nitrogens with one attached hydrogen (secondary N) is 2. The van der Waals surface area contributed by atoms with E-state index in [9.17, 15) is 4.79 Å². The van der Waals surface area contributed by atoms with Gasteiger partial charge in [0, 0.05) is 19.5 Å². The van der Waals surface area contributed by atoms with Crippen molar-refractivity contribution in [2.24, 2.45) is 11.8 Å². The van der Waals surface area contributed by atoms with Crippen LogP contribution in [-0.2, 0) is 11.2 Å². The minimum Gasteiger partial charge on any atom is -0.355 e. The number of carbonyl (C=O) groups is 1. The van der Waals surface area contributed by atoms with E-state index in [-0.39, 0.29) is 5.91 Å². The summed E-state index contributed by atoms with van der Waals surface area (Å²) in [5, 5.41) is 0.454. The molecule has 1 amide bonds. The Morgan fingerprint density at radius 2 is 1.82 bits per heavy atom. The summed E-state index contributed by atoms with van der Waals surface area (Å²) in [4.78, 5) is 22.7. The molecule has 1 aliphatic carbocycles. The highest BCUT2D eigenvalue weighted by Gasteiger charge is 2.25. The van der Waals surface area contributed by atoms with Gasteiger partial charge in [0.05, 0.1) is 0 Å². The third kappa shape index (κ3) is 4.93. The molecule has 0 radical (unpaired) electrons. The zero-order chi connectivity index (χ0) is 19.3. The highest BCUT2D eigenvalue weighted by atomic mass is 35.5. The number of benzene rings is 1. The number of hydrogen-bond donors (Lipinski definition) is 2. The van der Waals surface area contributed by atoms with Crippen molar-refractivity contribution in [1.82, 2.24) is 15.4 Å². The number of aromatic nitrogens is 2. The second-order valence-corrected chi connectivity index (χ2v) is 8.18. The number of anilines is 2. The Bertz CT molecular complexity index is 804. The highest BCUT2D eigenvalue weighted by Crippen LogP contribution is 2.33. The van der Waals surface area contributed by atoms with Crippen LogP contribution in [0.5, 0.6) is 0 Å². The van der Waals surface area contributed by atoms with Crippen LogP contribution in [0.1, 0.15) is 37.7 Å². The lowest BCUT2D eigenvalue weighted by atomic mass is 9.90. The van der Waals surface area contributed by atoms with Crippen molar-refractivity contribution in [1.29, 1.82) is 0 Å². The molecule has 0 atom stereocenters. The molecule has 2 N–H and O–H groups in total. The van der Waals surface area contributed by atoms with Crippen molar-refractivity contribution in [2.75, 3.05) is 23.4 Å². The van der Waals surface area contributed by atoms with E-state index < -0.39 is 0 Å². The third-order valence-electron chi connectivity index (χ3n) is 5.54. The normalized spacial score (nSPS) is 17.4. The molecule has 1 aromatic carbocycles. The molecule has 2 heterocycles. The van der Waals surface area contributed by atoms with Gasteiger partial charge in [0.15, 0.2) is 11.6 Å². The lowest BCUT2D eigenvalue weighted by Gasteiger charge is -2.33. The van der Waals surface area contributed by atoms with E-state index in [1.165, 1.54) is 11.9 Å². The molecular weight excluding hydrogens is 374 g/mol. The van der Waals surface area contributed by atoms with Gasteiger partial charge in [0.25, 0.3) is 0 Å². The zero-order valence-electron chi connectivity index (χ0n) is 15.9. The van der Waals surface area contributed by atoms with Gasteiger partial charge in [-0.2, -0.15) is 0 Å². The molecule has 1 saturated carbocycles. The lowest BCUT2D eigenvalue weighted by Crippen LogP contribution is -2.35. The topological polar surface area (TPSA) is 70.1 Å². The van der Waals surface area contributed by atoms with Gasteiger partial charge in [0.2, 0.25) is 5.91 Å². The van der Waals surface area contributed by atoms with Gasteiger partial charge < -0.3 is 4.90 Å². The summed E-state index contributed by atoms with van der Waals surface area (Å²) in [5.74, 6) is 2.37. The first-order chi connectivity index (χ1) is 13.7. The number of hydrazine groups is 1. The van der Waals surface area contributed by atoms with Crippen LogP contribution in [0.3, 0.4) is 0 Å². The van der Waals surface area contributed by atoms with Gasteiger partial charge in [-0.15, -0.1) is 0 Å². The number of carbonyl (C=O) groups excluding carboxylic acids is 1. The van der Waals surface area contributed by atoms with Crippen LogP contribution < -0.4 is 15.8 Å². The number of piperidine rings is 1. The number of halogens is 1. The molecule has 2 fully saturated rings. The average molecular weight is 400 g/mol. The monoisotopic (exact) mass is 399 g/mol. The second-order valence-electron chi connectivity index (χ2n) is 7.80. The fourth-order valence-corrected chi connectivity index (χ4v) is 3.99. The molecule has 0 unspecified atom stereocenters. The van der Waals surface area contributed by atoms with Gasteiger partial charge >= 0.3 is 0 Å². The van der Waals surface area contributed by atoms with Crippen LogP contribution in [0, 0.1) is 11.8 Å². The molecular formula is C21H26ClN5O. The van der Waals surface area contributed by atoms with E-state index in [2.05, 4.69) is 56.1 Å². The predicted octanol–water partition coefficient (Wildman–Crippen LogP) is 3.83. The number of hydrogen-bond acceptors (Lipinski definition) is 5. The van der Waals surface area contributed by atoms with Gasteiger partial charge in [-0.05, 0) is 49.5 Å². The summed E-state index contributed by atoms with van der Waals surface area (Å²) in [7, 11) is 0. The van der Waals surface area contributed by atoms with Gasteiger partial charge in [-0.1, -0.05) is 41.9 Å². The van der Waals surface area contributed by atoms with E-state index in [1.807, 2.05) is 0 Å². The maximum absolute atomic E-state index is 11.9. The van der Waals surface area contributed by atoms with Gasteiger partial charge in [-0.25, -0.2) is 9.97 Å². The molecule has 28 heavy (non-hydrogen) atoms. The second kappa shape index (κ2) is 8.78. The maximum Gasteiger partial charge on any atom is 0.238 e. The molecule has 1 aliphatic heterocycles. The van der Waals surface area contributed by atoms with Crippen LogP contribution >= 0.6 is 11.6 Å². The Kier molecular flexibility index (Phi) is 5.95. The first-order valence-corrected chi connectivity index (χ1v) is 10.4. The van der Waals surface area contributed by atoms with E-state index in [1.54, 1.807) is 0 Å². The first kappa shape index (κ1) is 19.0. The van der Waals surface area contributed by atoms with E-state index in [0.717, 1.165) is 51.0 Å². The molecule has 6 nitrogen and oxygen atoms in total. The molecule has 2 aromatic rings. The molecule has 2 aliphatic rings. The predicted molar refractivity (Wildman–Crippen MR) is 111 cm³/mol. The summed E-state index contributed by atoms with van der Waals surface area (Å²) >= 11 is 6.53. The van der Waals surface area contributed by atoms with Gasteiger partial charge in [-0.3, -0.25) is 15.6 Å². The van der Waals surface area contributed by atoms with E-state index >= 15 is 0 Å². The minimum atomic E-state index is -0.0274. The summed E-state index contributed by atoms with van der Waals surface area (Å²) in [5.41, 5.74) is 6.95. The zero-order valence-corrected chi connectivity index (χ0v) is 16.7. The number of amides is 1. The fourth-order valence-electron chi connectivity index (χ4n) is 3.73. The molecule has 0 spiro atoms. The van der Waals surface area contributed by atoms with Crippen LogP contribution in [0.25, 0.3) is 0 Å². The van der Waals surface area contributed by atoms with Crippen LogP contribution in [0.4, 0.5) is 11.6 Å². The summed E-state index contributed by atoms with van der Waals surface area (Å²) in [6.45, 7) is 1.84. The molecule has 1 aromatic heterocycles. The van der Waals surface area contributed by atoms with Crippen LogP contribution in [0.2, 0.25) is 5.02 Å². The molecule has 148 valence electrons. The quantitative estimate of drug-likeness (QED) is 0.692. The summed E-state index contributed by atoms with van der Waals surface area (Å²) in [6.07, 6.45) is 7.67. The largest absolute Gasteiger partial charge is 0.355 e. The summed E-state index contributed by atoms with van der Waals surface area (Å²) in [6, 6.07) is 10.7. The van der Waals surface area contributed by atoms with Crippen molar-refractivity contribution in [3.05, 3.63) is 47.2 Å².